The zero-order valence-electron chi connectivity index (χ0n) is 25.8. The normalized spacial score (nSPS) is 20.8. The summed E-state index contributed by atoms with van der Waals surface area (Å²) >= 11 is 0. The SMILES string of the molecule is CC1CC(C)CN(c2cccc([N+](=O)[O-])c2)C1.CC1CNCC(C)C1.O=CO[O-].O=[N+]([O-])c1cccc(F)c1.[H-].[K+].[K+]. The summed E-state index contributed by atoms with van der Waals surface area (Å²) in [5.41, 5.74) is 0.922. The molecule has 0 saturated carbocycles. The van der Waals surface area contributed by atoms with Gasteiger partial charge in [0, 0.05) is 37.0 Å². The van der Waals surface area contributed by atoms with Gasteiger partial charge in [-0.25, -0.2) is 4.39 Å². The number of piperidine rings is 2. The maximum atomic E-state index is 12.2. The summed E-state index contributed by atoms with van der Waals surface area (Å²) < 4.78 is 12.2. The third-order valence-corrected chi connectivity index (χ3v) is 6.12. The van der Waals surface area contributed by atoms with E-state index in [1.807, 2.05) is 6.07 Å². The van der Waals surface area contributed by atoms with Gasteiger partial charge in [-0.15, -0.1) is 0 Å². The summed E-state index contributed by atoms with van der Waals surface area (Å²) in [7, 11) is 0. The third kappa shape index (κ3) is 18.8. The fourth-order valence-corrected chi connectivity index (χ4v) is 4.70. The number of carbonyl (C=O) groups excluding carboxylic acids is 1. The fraction of sp³-hybridized carbons (Fsp3) is 0.519. The van der Waals surface area contributed by atoms with E-state index >= 15 is 0 Å². The molecule has 0 amide bonds. The van der Waals surface area contributed by atoms with Crippen LogP contribution in [0.15, 0.2) is 48.5 Å². The molecule has 218 valence electrons. The van der Waals surface area contributed by atoms with Crippen molar-refractivity contribution in [2.75, 3.05) is 31.1 Å². The molecule has 4 atom stereocenters. The molecule has 1 N–H and O–H groups in total. The van der Waals surface area contributed by atoms with Crippen molar-refractivity contribution in [1.29, 1.82) is 0 Å². The molecule has 0 radical (unpaired) electrons. The van der Waals surface area contributed by atoms with Gasteiger partial charge in [-0.05, 0) is 61.7 Å². The van der Waals surface area contributed by atoms with Gasteiger partial charge >= 0.3 is 103 Å². The molecule has 4 unspecified atom stereocenters. The minimum Gasteiger partial charge on any atom is -1.00 e. The van der Waals surface area contributed by atoms with Crippen LogP contribution in [-0.4, -0.2) is 42.5 Å². The number of nitro benzene ring substituents is 2. The molecule has 2 heterocycles. The maximum absolute atomic E-state index is 12.2. The van der Waals surface area contributed by atoms with Crippen molar-refractivity contribution in [3.63, 3.8) is 0 Å². The largest absolute Gasteiger partial charge is 1.00 e. The molecule has 2 aliphatic rings. The Morgan fingerprint density at radius 3 is 1.68 bits per heavy atom. The second-order valence-electron chi connectivity index (χ2n) is 10.2. The Morgan fingerprint density at radius 2 is 1.32 bits per heavy atom. The van der Waals surface area contributed by atoms with Crippen LogP contribution in [0.25, 0.3) is 0 Å². The number of nitrogens with one attached hydrogen (secondary N) is 1. The minimum absolute atomic E-state index is 0. The molecule has 2 fully saturated rings. The van der Waals surface area contributed by atoms with Gasteiger partial charge in [0.25, 0.3) is 17.8 Å². The number of rotatable bonds is 4. The van der Waals surface area contributed by atoms with Gasteiger partial charge in [0.05, 0.1) is 15.9 Å². The van der Waals surface area contributed by atoms with Crippen LogP contribution in [0.3, 0.4) is 0 Å². The molecule has 0 aromatic heterocycles. The zero-order valence-corrected chi connectivity index (χ0v) is 31.1. The molecule has 41 heavy (non-hydrogen) atoms. The number of nitrogens with zero attached hydrogens (tertiary/aromatic N) is 3. The topological polar surface area (TPSA) is 151 Å². The van der Waals surface area contributed by atoms with E-state index in [1.54, 1.807) is 18.2 Å². The minimum atomic E-state index is -0.636. The predicted molar refractivity (Wildman–Crippen MR) is 145 cm³/mol. The number of hydrogen-bond acceptors (Lipinski definition) is 9. The molecule has 2 aromatic carbocycles. The van der Waals surface area contributed by atoms with E-state index in [1.165, 1.54) is 38.1 Å². The van der Waals surface area contributed by atoms with E-state index < -0.39 is 10.7 Å². The van der Waals surface area contributed by atoms with Crippen LogP contribution in [0.5, 0.6) is 0 Å². The summed E-state index contributed by atoms with van der Waals surface area (Å²) in [4.78, 5) is 33.3. The monoisotopic (exact) mass is 628 g/mol. The number of nitro groups is 2. The number of hydrogen-bond donors (Lipinski definition) is 1. The van der Waals surface area contributed by atoms with Crippen LogP contribution in [0.1, 0.15) is 42.0 Å². The number of anilines is 1. The maximum Gasteiger partial charge on any atom is 1.00 e. The second kappa shape index (κ2) is 24.0. The first-order valence-electron chi connectivity index (χ1n) is 12.8. The van der Waals surface area contributed by atoms with Crippen LogP contribution in [-0.2, 0) is 9.68 Å². The predicted octanol–water partition coefficient (Wildman–Crippen LogP) is -1.38. The second-order valence-corrected chi connectivity index (χ2v) is 10.2. The molecule has 0 bridgehead atoms. The van der Waals surface area contributed by atoms with E-state index in [0.717, 1.165) is 42.7 Å². The van der Waals surface area contributed by atoms with Gasteiger partial charge in [0.15, 0.2) is 0 Å². The van der Waals surface area contributed by atoms with Crippen LogP contribution in [0, 0.1) is 49.7 Å². The average Bonchev–Trinajstić information content (AvgIpc) is 2.89. The number of halogens is 1. The zero-order chi connectivity index (χ0) is 29.4. The van der Waals surface area contributed by atoms with Gasteiger partial charge in [-0.3, -0.25) is 25.0 Å². The quantitative estimate of drug-likeness (QED) is 0.142. The van der Waals surface area contributed by atoms with Crippen molar-refractivity contribution in [1.82, 2.24) is 5.32 Å². The van der Waals surface area contributed by atoms with E-state index in [4.69, 9.17) is 10.1 Å². The standard InChI is InChI=1S/C13H18N2O2.C7H15N.C6H4FNO2.CH2O3.2K.H/c1-10-6-11(2)9-14(8-10)12-4-3-5-13(7-12)15(16)17;1-6-3-7(2)5-8-4-6;7-5-2-1-3-6(4-5)8(9)10;2-1-4-3;;;/h3-5,7,10-11H,6,8-9H2,1-2H3;6-8H,3-5H2,1-2H3;1-4H;1,3H;;;/q;;;;2*+1;-1/p-1. The van der Waals surface area contributed by atoms with E-state index in [9.17, 15) is 24.6 Å². The Labute approximate surface area is 327 Å². The van der Waals surface area contributed by atoms with Crippen LogP contribution in [0.2, 0.25) is 0 Å². The van der Waals surface area contributed by atoms with Gasteiger partial charge in [0.1, 0.15) is 5.82 Å². The van der Waals surface area contributed by atoms with Crippen molar-refractivity contribution in [2.24, 2.45) is 23.7 Å². The molecule has 11 nitrogen and oxygen atoms in total. The smallest absolute Gasteiger partial charge is 1.00 e. The van der Waals surface area contributed by atoms with Crippen molar-refractivity contribution < 1.29 is 133 Å². The number of benzene rings is 2. The fourth-order valence-electron chi connectivity index (χ4n) is 4.70. The van der Waals surface area contributed by atoms with Crippen LogP contribution in [0.4, 0.5) is 21.5 Å². The summed E-state index contributed by atoms with van der Waals surface area (Å²) in [5, 5.41) is 32.6. The van der Waals surface area contributed by atoms with Crippen molar-refractivity contribution in [3.05, 3.63) is 74.6 Å². The van der Waals surface area contributed by atoms with Gasteiger partial charge in [-0.2, -0.15) is 0 Å². The van der Waals surface area contributed by atoms with Crippen molar-refractivity contribution in [3.8, 4) is 0 Å². The molecule has 0 aliphatic carbocycles. The molecular weight excluding hydrogens is 590 g/mol. The molecular formula is C27H39FK2N4O7. The van der Waals surface area contributed by atoms with Gasteiger partial charge < -0.3 is 21.8 Å². The van der Waals surface area contributed by atoms with Crippen LogP contribution < -0.4 is 118 Å². The number of carbonyl (C=O) groups is 1. The molecule has 2 aromatic rings. The Bertz CT molecular complexity index is 1040. The first-order valence-corrected chi connectivity index (χ1v) is 12.8. The third-order valence-electron chi connectivity index (χ3n) is 6.12. The van der Waals surface area contributed by atoms with Crippen molar-refractivity contribution >= 4 is 23.5 Å². The molecule has 14 heteroatoms. The Balaban J connectivity index is -0.000000525. The summed E-state index contributed by atoms with van der Waals surface area (Å²) in [6.07, 6.45) is 2.65. The van der Waals surface area contributed by atoms with E-state index in [0.29, 0.717) is 11.8 Å². The Morgan fingerprint density at radius 1 is 0.878 bits per heavy atom. The van der Waals surface area contributed by atoms with Crippen molar-refractivity contribution in [2.45, 2.75) is 40.5 Å². The van der Waals surface area contributed by atoms with Crippen LogP contribution >= 0.6 is 0 Å². The van der Waals surface area contributed by atoms with E-state index in [-0.39, 0.29) is 127 Å². The van der Waals surface area contributed by atoms with Gasteiger partial charge in [0.2, 0.25) is 0 Å². The van der Waals surface area contributed by atoms with Gasteiger partial charge in [-0.1, -0.05) is 39.8 Å². The molecule has 4 rings (SSSR count). The Kier molecular flexibility index (Phi) is 25.0. The molecule has 2 aliphatic heterocycles. The number of non-ortho nitro benzene ring substituents is 2. The molecule has 0 spiro atoms. The first-order chi connectivity index (χ1) is 18.5. The first kappa shape index (κ1) is 42.8. The Hall–Kier alpha value is -0.367. The summed E-state index contributed by atoms with van der Waals surface area (Å²) in [5.74, 6) is 2.52. The average molecular weight is 629 g/mol. The van der Waals surface area contributed by atoms with E-state index in [2.05, 4.69) is 42.8 Å². The molecule has 2 saturated heterocycles. The summed E-state index contributed by atoms with van der Waals surface area (Å²) in [6, 6.07) is 11.5. The summed E-state index contributed by atoms with van der Waals surface area (Å²) in [6.45, 7) is 13.3.